The number of benzene rings is 1. The molecule has 84 valence electrons. The first-order chi connectivity index (χ1) is 7.50. The zero-order chi connectivity index (χ0) is 11.9. The Morgan fingerprint density at radius 2 is 2.06 bits per heavy atom. The van der Waals surface area contributed by atoms with Crippen LogP contribution >= 0.6 is 0 Å². The molecule has 16 heavy (non-hydrogen) atoms. The number of carbonyl (C=O) groups is 1. The molecule has 0 saturated heterocycles. The van der Waals surface area contributed by atoms with Gasteiger partial charge in [-0.3, -0.25) is 0 Å². The van der Waals surface area contributed by atoms with E-state index in [0.29, 0.717) is 0 Å². The number of nitrogens with one attached hydrogen (secondary N) is 1. The maximum Gasteiger partial charge on any atom is 0.352 e. The molecule has 6 heteroatoms. The SMILES string of the molecule is O=C(O)c1cc2c(C(F)F)c(F)ccc2[nH]1. The first-order valence-electron chi connectivity index (χ1n) is 4.33. The van der Waals surface area contributed by atoms with Gasteiger partial charge in [0.05, 0.1) is 5.56 Å². The summed E-state index contributed by atoms with van der Waals surface area (Å²) in [5, 5.41) is 8.57. The summed E-state index contributed by atoms with van der Waals surface area (Å²) >= 11 is 0. The molecular formula is C10H6F3NO2. The molecule has 0 aliphatic carbocycles. The van der Waals surface area contributed by atoms with Crippen LogP contribution in [0.3, 0.4) is 0 Å². The van der Waals surface area contributed by atoms with E-state index in [2.05, 4.69) is 4.98 Å². The number of hydrogen-bond acceptors (Lipinski definition) is 1. The second-order valence-corrected chi connectivity index (χ2v) is 3.21. The topological polar surface area (TPSA) is 53.1 Å². The summed E-state index contributed by atoms with van der Waals surface area (Å²) in [5.41, 5.74) is -0.849. The van der Waals surface area contributed by atoms with Crippen molar-refractivity contribution in [1.82, 2.24) is 4.98 Å². The van der Waals surface area contributed by atoms with Crippen molar-refractivity contribution in [3.05, 3.63) is 35.3 Å². The van der Waals surface area contributed by atoms with Gasteiger partial charge in [-0.25, -0.2) is 18.0 Å². The molecule has 0 atom stereocenters. The van der Waals surface area contributed by atoms with Gasteiger partial charge in [-0.1, -0.05) is 0 Å². The van der Waals surface area contributed by atoms with Crippen molar-refractivity contribution < 1.29 is 23.1 Å². The highest BCUT2D eigenvalue weighted by Crippen LogP contribution is 2.30. The van der Waals surface area contributed by atoms with E-state index in [-0.39, 0.29) is 16.6 Å². The predicted molar refractivity (Wildman–Crippen MR) is 50.2 cm³/mol. The number of aromatic amines is 1. The number of rotatable bonds is 2. The molecule has 1 aromatic carbocycles. The summed E-state index contributed by atoms with van der Waals surface area (Å²) in [6.07, 6.45) is -2.99. The molecule has 2 N–H and O–H groups in total. The Labute approximate surface area is 87.5 Å². The van der Waals surface area contributed by atoms with Crippen molar-refractivity contribution in [2.75, 3.05) is 0 Å². The van der Waals surface area contributed by atoms with Gasteiger partial charge in [0.25, 0.3) is 6.43 Å². The van der Waals surface area contributed by atoms with Crippen LogP contribution in [-0.2, 0) is 0 Å². The third-order valence-electron chi connectivity index (χ3n) is 2.24. The number of carboxylic acid groups (broad SMARTS) is 1. The van der Waals surface area contributed by atoms with E-state index in [1.54, 1.807) is 0 Å². The number of alkyl halides is 2. The summed E-state index contributed by atoms with van der Waals surface area (Å²) in [6.45, 7) is 0. The number of carboxylic acids is 1. The van der Waals surface area contributed by atoms with Crippen LogP contribution in [0.2, 0.25) is 0 Å². The average Bonchev–Trinajstić information content (AvgIpc) is 2.60. The van der Waals surface area contributed by atoms with Crippen LogP contribution < -0.4 is 0 Å². The lowest BCUT2D eigenvalue weighted by Crippen LogP contribution is -1.94. The van der Waals surface area contributed by atoms with Gasteiger partial charge < -0.3 is 10.1 Å². The minimum absolute atomic E-state index is 0.104. The summed E-state index contributed by atoms with van der Waals surface area (Å²) < 4.78 is 38.3. The Bertz CT molecular complexity index is 562. The first-order valence-corrected chi connectivity index (χ1v) is 4.33. The molecule has 0 radical (unpaired) electrons. The van der Waals surface area contributed by atoms with Crippen LogP contribution in [0.25, 0.3) is 10.9 Å². The largest absolute Gasteiger partial charge is 0.477 e. The molecule has 2 aromatic rings. The van der Waals surface area contributed by atoms with E-state index in [1.165, 1.54) is 6.07 Å². The standard InChI is InChI=1S/C10H6F3NO2/c11-5-1-2-6-4(8(5)9(12)13)3-7(14-6)10(15)16/h1-3,9,14H,(H,15,16). The predicted octanol–water partition coefficient (Wildman–Crippen LogP) is 2.94. The van der Waals surface area contributed by atoms with E-state index in [9.17, 15) is 18.0 Å². The number of fused-ring (bicyclic) bond motifs is 1. The Kier molecular flexibility index (Phi) is 2.34. The smallest absolute Gasteiger partial charge is 0.352 e. The van der Waals surface area contributed by atoms with Gasteiger partial charge in [0, 0.05) is 10.9 Å². The highest BCUT2D eigenvalue weighted by molar-refractivity contribution is 5.95. The second kappa shape index (κ2) is 3.55. The molecule has 1 aromatic heterocycles. The fraction of sp³-hybridized carbons (Fsp3) is 0.100. The van der Waals surface area contributed by atoms with Crippen molar-refractivity contribution in [1.29, 1.82) is 0 Å². The van der Waals surface area contributed by atoms with Crippen LogP contribution in [0.5, 0.6) is 0 Å². The van der Waals surface area contributed by atoms with Crippen molar-refractivity contribution >= 4 is 16.9 Å². The Morgan fingerprint density at radius 3 is 2.62 bits per heavy atom. The third-order valence-corrected chi connectivity index (χ3v) is 2.24. The van der Waals surface area contributed by atoms with Gasteiger partial charge >= 0.3 is 5.97 Å². The average molecular weight is 229 g/mol. The molecule has 0 saturated carbocycles. The molecule has 0 bridgehead atoms. The van der Waals surface area contributed by atoms with Crippen molar-refractivity contribution in [2.24, 2.45) is 0 Å². The third kappa shape index (κ3) is 1.52. The van der Waals surface area contributed by atoms with Crippen molar-refractivity contribution in [2.45, 2.75) is 6.43 Å². The summed E-state index contributed by atoms with van der Waals surface area (Å²) in [6, 6.07) is 3.11. The van der Waals surface area contributed by atoms with Crippen LogP contribution in [0, 0.1) is 5.82 Å². The number of halogens is 3. The highest BCUT2D eigenvalue weighted by Gasteiger charge is 2.19. The van der Waals surface area contributed by atoms with Gasteiger partial charge in [-0.05, 0) is 18.2 Å². The number of aromatic nitrogens is 1. The first kappa shape index (κ1) is 10.5. The quantitative estimate of drug-likeness (QED) is 0.831. The van der Waals surface area contributed by atoms with E-state index >= 15 is 0 Å². The fourth-order valence-electron chi connectivity index (χ4n) is 1.54. The molecule has 0 aliphatic heterocycles. The molecule has 0 amide bonds. The minimum atomic E-state index is -2.99. The van der Waals surface area contributed by atoms with Crippen molar-refractivity contribution in [3.63, 3.8) is 0 Å². The normalized spacial score (nSPS) is 11.2. The molecule has 0 spiro atoms. The maximum absolute atomic E-state index is 13.1. The molecule has 0 aliphatic rings. The van der Waals surface area contributed by atoms with Gasteiger partial charge in [-0.2, -0.15) is 0 Å². The molecular weight excluding hydrogens is 223 g/mol. The monoisotopic (exact) mass is 229 g/mol. The van der Waals surface area contributed by atoms with Crippen LogP contribution in [0.1, 0.15) is 22.5 Å². The molecule has 3 nitrogen and oxygen atoms in total. The van der Waals surface area contributed by atoms with Gasteiger partial charge in [0.1, 0.15) is 11.5 Å². The van der Waals surface area contributed by atoms with Crippen molar-refractivity contribution in [3.8, 4) is 0 Å². The van der Waals surface area contributed by atoms with Gasteiger partial charge in [0.15, 0.2) is 0 Å². The number of hydrogen-bond donors (Lipinski definition) is 2. The molecule has 0 fully saturated rings. The second-order valence-electron chi connectivity index (χ2n) is 3.21. The highest BCUT2D eigenvalue weighted by atomic mass is 19.3. The lowest BCUT2D eigenvalue weighted by Gasteiger charge is -2.02. The Hall–Kier alpha value is -1.98. The van der Waals surface area contributed by atoms with Crippen LogP contribution in [0.15, 0.2) is 18.2 Å². The number of H-pyrrole nitrogens is 1. The lowest BCUT2D eigenvalue weighted by molar-refractivity contribution is 0.0691. The molecule has 2 rings (SSSR count). The summed E-state index contributed by atoms with van der Waals surface area (Å²) in [4.78, 5) is 13.0. The maximum atomic E-state index is 13.1. The Morgan fingerprint density at radius 1 is 1.38 bits per heavy atom. The van der Waals surface area contributed by atoms with E-state index in [1.807, 2.05) is 0 Å². The van der Waals surface area contributed by atoms with E-state index in [0.717, 1.165) is 12.1 Å². The zero-order valence-electron chi connectivity index (χ0n) is 7.80. The van der Waals surface area contributed by atoms with Crippen LogP contribution in [-0.4, -0.2) is 16.1 Å². The summed E-state index contributed by atoms with van der Waals surface area (Å²) in [5.74, 6) is -2.32. The lowest BCUT2D eigenvalue weighted by atomic mass is 10.1. The number of aromatic carboxylic acids is 1. The van der Waals surface area contributed by atoms with Gasteiger partial charge in [0.2, 0.25) is 0 Å². The van der Waals surface area contributed by atoms with Gasteiger partial charge in [-0.15, -0.1) is 0 Å². The fourth-order valence-corrected chi connectivity index (χ4v) is 1.54. The minimum Gasteiger partial charge on any atom is -0.477 e. The van der Waals surface area contributed by atoms with Crippen LogP contribution in [0.4, 0.5) is 13.2 Å². The molecule has 1 heterocycles. The molecule has 0 unspecified atom stereocenters. The summed E-state index contributed by atoms with van der Waals surface area (Å²) in [7, 11) is 0. The van der Waals surface area contributed by atoms with E-state index < -0.39 is 23.8 Å². The zero-order valence-corrected chi connectivity index (χ0v) is 7.80. The Balaban J connectivity index is 2.76. The van der Waals surface area contributed by atoms with E-state index in [4.69, 9.17) is 5.11 Å².